The Hall–Kier alpha value is -0.300. The fraction of sp³-hybridized carbons (Fsp3) is 0.900. The predicted octanol–water partition coefficient (Wildman–Crippen LogP) is 4.95. The number of hydrogen-bond acceptors (Lipinski definition) is 1. The highest BCUT2D eigenvalue weighted by Gasteiger charge is 2.61. The molecule has 1 nitrogen and oxygen atoms in total. The molecule has 3 fully saturated rings. The molecule has 1 N–H and O–H groups in total. The Kier molecular flexibility index (Phi) is 2.98. The summed E-state index contributed by atoms with van der Waals surface area (Å²) in [5.41, 5.74) is 2.93. The molecule has 4 aliphatic carbocycles. The van der Waals surface area contributed by atoms with Crippen LogP contribution in [-0.4, -0.2) is 11.7 Å². The van der Waals surface area contributed by atoms with Gasteiger partial charge in [-0.1, -0.05) is 33.3 Å². The fourth-order valence-electron chi connectivity index (χ4n) is 7.55. The van der Waals surface area contributed by atoms with Crippen LogP contribution in [-0.2, 0) is 0 Å². The minimum absolute atomic E-state index is 0.310. The molecule has 21 heavy (non-hydrogen) atoms. The lowest BCUT2D eigenvalue weighted by Gasteiger charge is -2.63. The highest BCUT2D eigenvalue weighted by atomic mass is 16.3. The van der Waals surface area contributed by atoms with Crippen molar-refractivity contribution in [2.75, 3.05) is 6.61 Å². The lowest BCUT2D eigenvalue weighted by molar-refractivity contribution is -0.133. The van der Waals surface area contributed by atoms with E-state index in [4.69, 9.17) is 0 Å². The zero-order valence-corrected chi connectivity index (χ0v) is 14.1. The van der Waals surface area contributed by atoms with E-state index in [-0.39, 0.29) is 0 Å². The van der Waals surface area contributed by atoms with Crippen molar-refractivity contribution in [3.05, 3.63) is 11.6 Å². The molecule has 0 amide bonds. The molecule has 0 radical (unpaired) electrons. The molecule has 4 rings (SSSR count). The van der Waals surface area contributed by atoms with E-state index in [2.05, 4.69) is 26.8 Å². The first kappa shape index (κ1) is 14.3. The highest BCUT2D eigenvalue weighted by Crippen LogP contribution is 2.70. The standard InChI is InChI=1S/C20H32O/c1-18(2)8-4-9-19(3)16(18)7-10-20-11-14(5-6-17(19)20)15(12-20)13-21/h12,14,16-17,21H,4-11,13H2,1-3H3/t14?,16-,17?,19-,20?/m1/s1. The van der Waals surface area contributed by atoms with Crippen molar-refractivity contribution in [1.82, 2.24) is 0 Å². The summed E-state index contributed by atoms with van der Waals surface area (Å²) in [6, 6.07) is 0. The molecule has 0 aliphatic heterocycles. The van der Waals surface area contributed by atoms with Crippen molar-refractivity contribution in [3.63, 3.8) is 0 Å². The number of allylic oxidation sites excluding steroid dienone is 1. The molecule has 2 bridgehead atoms. The van der Waals surface area contributed by atoms with Gasteiger partial charge in [-0.25, -0.2) is 0 Å². The van der Waals surface area contributed by atoms with E-state index >= 15 is 0 Å². The maximum Gasteiger partial charge on any atom is 0.0644 e. The smallest absolute Gasteiger partial charge is 0.0644 e. The second-order valence-electron chi connectivity index (χ2n) is 9.58. The first-order chi connectivity index (χ1) is 9.91. The van der Waals surface area contributed by atoms with Gasteiger partial charge >= 0.3 is 0 Å². The van der Waals surface area contributed by atoms with Gasteiger partial charge in [0.1, 0.15) is 0 Å². The molecule has 5 atom stereocenters. The molecule has 0 aromatic carbocycles. The first-order valence-electron chi connectivity index (χ1n) is 9.24. The van der Waals surface area contributed by atoms with Crippen LogP contribution in [0.3, 0.4) is 0 Å². The Morgan fingerprint density at radius 1 is 1.05 bits per heavy atom. The molecule has 0 heterocycles. The Labute approximate surface area is 130 Å². The van der Waals surface area contributed by atoms with Gasteiger partial charge in [-0.2, -0.15) is 0 Å². The average molecular weight is 288 g/mol. The summed E-state index contributed by atoms with van der Waals surface area (Å²) < 4.78 is 0. The molecular weight excluding hydrogens is 256 g/mol. The van der Waals surface area contributed by atoms with E-state index in [0.717, 1.165) is 11.8 Å². The van der Waals surface area contributed by atoms with E-state index in [1.807, 2.05) is 0 Å². The van der Waals surface area contributed by atoms with Crippen LogP contribution in [0.2, 0.25) is 0 Å². The van der Waals surface area contributed by atoms with Crippen molar-refractivity contribution in [2.45, 2.75) is 72.1 Å². The molecule has 0 aromatic heterocycles. The maximum absolute atomic E-state index is 9.71. The lowest BCUT2D eigenvalue weighted by Crippen LogP contribution is -2.55. The molecule has 4 aliphatic rings. The Morgan fingerprint density at radius 2 is 1.86 bits per heavy atom. The van der Waals surface area contributed by atoms with Crippen LogP contribution in [0.25, 0.3) is 0 Å². The Bertz CT molecular complexity index is 476. The molecule has 1 heteroatoms. The van der Waals surface area contributed by atoms with Crippen molar-refractivity contribution in [3.8, 4) is 0 Å². The van der Waals surface area contributed by atoms with Crippen LogP contribution in [0.15, 0.2) is 11.6 Å². The first-order valence-corrected chi connectivity index (χ1v) is 9.24. The summed E-state index contributed by atoms with van der Waals surface area (Å²) in [6.07, 6.45) is 13.8. The van der Waals surface area contributed by atoms with Crippen LogP contribution in [0.1, 0.15) is 72.1 Å². The zero-order chi connectivity index (χ0) is 14.9. The number of fused-ring (bicyclic) bond motifs is 3. The van der Waals surface area contributed by atoms with Crippen LogP contribution in [0, 0.1) is 34.0 Å². The van der Waals surface area contributed by atoms with E-state index in [9.17, 15) is 5.11 Å². The van der Waals surface area contributed by atoms with Gasteiger partial charge in [-0.3, -0.25) is 0 Å². The summed E-state index contributed by atoms with van der Waals surface area (Å²) in [6.45, 7) is 8.00. The minimum Gasteiger partial charge on any atom is -0.392 e. The second-order valence-corrected chi connectivity index (χ2v) is 9.58. The minimum atomic E-state index is 0.310. The molecule has 0 aromatic rings. The van der Waals surface area contributed by atoms with Crippen LogP contribution >= 0.6 is 0 Å². The fourth-order valence-corrected chi connectivity index (χ4v) is 7.55. The Balaban J connectivity index is 1.74. The molecule has 3 unspecified atom stereocenters. The highest BCUT2D eigenvalue weighted by molar-refractivity contribution is 5.28. The predicted molar refractivity (Wildman–Crippen MR) is 86.9 cm³/mol. The second kappa shape index (κ2) is 4.37. The van der Waals surface area contributed by atoms with Gasteiger partial charge in [-0.05, 0) is 84.5 Å². The van der Waals surface area contributed by atoms with Crippen LogP contribution in [0.5, 0.6) is 0 Å². The topological polar surface area (TPSA) is 20.2 Å². The summed E-state index contributed by atoms with van der Waals surface area (Å²) in [4.78, 5) is 0. The van der Waals surface area contributed by atoms with Gasteiger partial charge < -0.3 is 5.11 Å². The van der Waals surface area contributed by atoms with Crippen molar-refractivity contribution >= 4 is 0 Å². The van der Waals surface area contributed by atoms with Gasteiger partial charge in [0.2, 0.25) is 0 Å². The normalized spacial score (nSPS) is 51.0. The van der Waals surface area contributed by atoms with Gasteiger partial charge in [0.05, 0.1) is 6.61 Å². The summed E-state index contributed by atoms with van der Waals surface area (Å²) in [5, 5.41) is 9.71. The van der Waals surface area contributed by atoms with Crippen LogP contribution in [0.4, 0.5) is 0 Å². The number of hydrogen-bond donors (Lipinski definition) is 1. The summed E-state index contributed by atoms with van der Waals surface area (Å²) in [7, 11) is 0. The monoisotopic (exact) mass is 288 g/mol. The molecular formula is C20H32O. The van der Waals surface area contributed by atoms with Gasteiger partial charge in [0.15, 0.2) is 0 Å². The molecule has 118 valence electrons. The van der Waals surface area contributed by atoms with Gasteiger partial charge in [-0.15, -0.1) is 0 Å². The van der Waals surface area contributed by atoms with Crippen molar-refractivity contribution in [2.24, 2.45) is 34.0 Å². The zero-order valence-electron chi connectivity index (χ0n) is 14.1. The van der Waals surface area contributed by atoms with Gasteiger partial charge in [0, 0.05) is 0 Å². The lowest BCUT2D eigenvalue weighted by atomic mass is 9.41. The maximum atomic E-state index is 9.71. The third-order valence-electron chi connectivity index (χ3n) is 8.27. The number of aliphatic hydroxyl groups is 1. The average Bonchev–Trinajstić information content (AvgIpc) is 2.68. The van der Waals surface area contributed by atoms with Crippen molar-refractivity contribution < 1.29 is 5.11 Å². The molecule has 1 spiro atoms. The van der Waals surface area contributed by atoms with E-state index in [0.29, 0.717) is 28.8 Å². The SMILES string of the molecule is CC1(C)CCC[C@@]2(C)C3CCC4CC3(C=C4CO)CC[C@H]12. The quantitative estimate of drug-likeness (QED) is 0.677. The third kappa shape index (κ3) is 1.79. The molecule has 0 saturated heterocycles. The number of rotatable bonds is 1. The third-order valence-corrected chi connectivity index (χ3v) is 8.27. The van der Waals surface area contributed by atoms with E-state index in [1.165, 1.54) is 56.9 Å². The Morgan fingerprint density at radius 3 is 2.62 bits per heavy atom. The van der Waals surface area contributed by atoms with E-state index in [1.54, 1.807) is 0 Å². The largest absolute Gasteiger partial charge is 0.392 e. The summed E-state index contributed by atoms with van der Waals surface area (Å²) >= 11 is 0. The van der Waals surface area contributed by atoms with Gasteiger partial charge in [0.25, 0.3) is 0 Å². The molecule has 3 saturated carbocycles. The number of aliphatic hydroxyl groups excluding tert-OH is 1. The van der Waals surface area contributed by atoms with Crippen LogP contribution < -0.4 is 0 Å². The van der Waals surface area contributed by atoms with E-state index < -0.39 is 0 Å². The van der Waals surface area contributed by atoms with Crippen molar-refractivity contribution in [1.29, 1.82) is 0 Å². The summed E-state index contributed by atoms with van der Waals surface area (Å²) in [5.74, 6) is 2.50.